The highest BCUT2D eigenvalue weighted by atomic mass is 16.5. The van der Waals surface area contributed by atoms with Crippen LogP contribution in [0.2, 0.25) is 0 Å². The number of carbonyl (C=O) groups is 1. The summed E-state index contributed by atoms with van der Waals surface area (Å²) in [6.07, 6.45) is 4.95. The summed E-state index contributed by atoms with van der Waals surface area (Å²) in [7, 11) is 1.55. The predicted octanol–water partition coefficient (Wildman–Crippen LogP) is 3.67. The number of carbonyl (C=O) groups excluding carboxylic acids is 1. The van der Waals surface area contributed by atoms with E-state index >= 15 is 0 Å². The van der Waals surface area contributed by atoms with Gasteiger partial charge in [0, 0.05) is 36.3 Å². The van der Waals surface area contributed by atoms with Gasteiger partial charge in [0.15, 0.2) is 0 Å². The number of pyridine rings is 2. The molecule has 2 aromatic heterocycles. The number of aromatic nitrogens is 2. The van der Waals surface area contributed by atoms with Gasteiger partial charge in [-0.3, -0.25) is 14.6 Å². The molecular weight excluding hydrogens is 366 g/mol. The largest absolute Gasteiger partial charge is 0.496 e. The SMILES string of the molecule is COc1c(C(=O)NCc2ccncc2)cc(-c2ccc[nH]c2=O)cc1C(C)(C)C. The van der Waals surface area contributed by atoms with Crippen molar-refractivity contribution in [2.45, 2.75) is 32.7 Å². The van der Waals surface area contributed by atoms with Crippen molar-refractivity contribution in [1.82, 2.24) is 15.3 Å². The number of hydrogen-bond donors (Lipinski definition) is 2. The summed E-state index contributed by atoms with van der Waals surface area (Å²) in [6.45, 7) is 6.50. The lowest BCUT2D eigenvalue weighted by Gasteiger charge is -2.25. The lowest BCUT2D eigenvalue weighted by molar-refractivity contribution is 0.0947. The molecule has 0 atom stereocenters. The summed E-state index contributed by atoms with van der Waals surface area (Å²) in [5, 5.41) is 2.93. The van der Waals surface area contributed by atoms with Crippen molar-refractivity contribution in [3.63, 3.8) is 0 Å². The average Bonchev–Trinajstić information content (AvgIpc) is 2.71. The molecule has 29 heavy (non-hydrogen) atoms. The van der Waals surface area contributed by atoms with Gasteiger partial charge < -0.3 is 15.0 Å². The van der Waals surface area contributed by atoms with E-state index in [9.17, 15) is 9.59 Å². The van der Waals surface area contributed by atoms with E-state index in [2.05, 4.69) is 15.3 Å². The van der Waals surface area contributed by atoms with Crippen molar-refractivity contribution < 1.29 is 9.53 Å². The number of hydrogen-bond acceptors (Lipinski definition) is 4. The molecule has 1 aromatic carbocycles. The number of methoxy groups -OCH3 is 1. The molecule has 150 valence electrons. The third kappa shape index (κ3) is 4.54. The summed E-state index contributed by atoms with van der Waals surface area (Å²) in [6, 6.07) is 10.8. The fourth-order valence-electron chi connectivity index (χ4n) is 3.16. The summed E-state index contributed by atoms with van der Waals surface area (Å²) >= 11 is 0. The molecule has 0 radical (unpaired) electrons. The molecule has 0 aliphatic rings. The van der Waals surface area contributed by atoms with Crippen LogP contribution in [0.15, 0.2) is 59.8 Å². The Morgan fingerprint density at radius 1 is 1.17 bits per heavy atom. The van der Waals surface area contributed by atoms with Crippen molar-refractivity contribution in [1.29, 1.82) is 0 Å². The Morgan fingerprint density at radius 3 is 2.52 bits per heavy atom. The minimum atomic E-state index is -0.289. The monoisotopic (exact) mass is 391 g/mol. The highest BCUT2D eigenvalue weighted by molar-refractivity contribution is 5.99. The van der Waals surface area contributed by atoms with Gasteiger partial charge in [0.2, 0.25) is 0 Å². The molecule has 2 heterocycles. The van der Waals surface area contributed by atoms with Crippen molar-refractivity contribution in [3.05, 3.63) is 82.0 Å². The summed E-state index contributed by atoms with van der Waals surface area (Å²) in [4.78, 5) is 32.1. The van der Waals surface area contributed by atoms with Crippen LogP contribution in [0.25, 0.3) is 11.1 Å². The van der Waals surface area contributed by atoms with Gasteiger partial charge in [-0.15, -0.1) is 0 Å². The Morgan fingerprint density at radius 2 is 1.90 bits per heavy atom. The van der Waals surface area contributed by atoms with Crippen molar-refractivity contribution in [3.8, 4) is 16.9 Å². The van der Waals surface area contributed by atoms with Crippen LogP contribution in [-0.2, 0) is 12.0 Å². The van der Waals surface area contributed by atoms with Gasteiger partial charge in [-0.05, 0) is 52.9 Å². The Labute approximate surface area is 170 Å². The minimum absolute atomic E-state index is 0.208. The first-order valence-electron chi connectivity index (χ1n) is 9.39. The minimum Gasteiger partial charge on any atom is -0.496 e. The van der Waals surface area contributed by atoms with E-state index in [1.54, 1.807) is 43.9 Å². The Kier molecular flexibility index (Phi) is 5.82. The second-order valence-electron chi connectivity index (χ2n) is 7.81. The topological polar surface area (TPSA) is 84.1 Å². The molecule has 6 heteroatoms. The first-order valence-corrected chi connectivity index (χ1v) is 9.39. The van der Waals surface area contributed by atoms with Gasteiger partial charge in [-0.1, -0.05) is 20.8 Å². The predicted molar refractivity (Wildman–Crippen MR) is 113 cm³/mol. The maximum Gasteiger partial charge on any atom is 0.255 e. The third-order valence-electron chi connectivity index (χ3n) is 4.68. The number of amides is 1. The van der Waals surface area contributed by atoms with Crippen molar-refractivity contribution in [2.24, 2.45) is 0 Å². The van der Waals surface area contributed by atoms with E-state index in [4.69, 9.17) is 4.74 Å². The molecule has 0 aliphatic carbocycles. The van der Waals surface area contributed by atoms with E-state index in [0.29, 0.717) is 29.0 Å². The fourth-order valence-corrected chi connectivity index (χ4v) is 3.16. The molecule has 3 rings (SSSR count). The van der Waals surface area contributed by atoms with E-state index in [1.807, 2.05) is 39.0 Å². The highest BCUT2D eigenvalue weighted by Gasteiger charge is 2.26. The molecule has 6 nitrogen and oxygen atoms in total. The average molecular weight is 391 g/mol. The summed E-state index contributed by atoms with van der Waals surface area (Å²) in [5.41, 5.74) is 2.88. The zero-order valence-corrected chi connectivity index (χ0v) is 17.1. The van der Waals surface area contributed by atoms with E-state index in [1.165, 1.54) is 0 Å². The lowest BCUT2D eigenvalue weighted by atomic mass is 9.83. The normalized spacial score (nSPS) is 11.2. The Balaban J connectivity index is 2.08. The van der Waals surface area contributed by atoms with Gasteiger partial charge in [0.1, 0.15) is 5.75 Å². The molecule has 0 fully saturated rings. The van der Waals surface area contributed by atoms with Gasteiger partial charge in [-0.2, -0.15) is 0 Å². The molecule has 0 saturated carbocycles. The van der Waals surface area contributed by atoms with Crippen LogP contribution < -0.4 is 15.6 Å². The number of ether oxygens (including phenoxy) is 1. The lowest BCUT2D eigenvalue weighted by Crippen LogP contribution is -2.25. The van der Waals surface area contributed by atoms with Crippen molar-refractivity contribution in [2.75, 3.05) is 7.11 Å². The molecule has 0 aliphatic heterocycles. The molecule has 3 aromatic rings. The van der Waals surface area contributed by atoms with Crippen LogP contribution in [0, 0.1) is 0 Å². The van der Waals surface area contributed by atoms with Gasteiger partial charge in [0.25, 0.3) is 11.5 Å². The van der Waals surface area contributed by atoms with E-state index < -0.39 is 0 Å². The standard InChI is InChI=1S/C23H25N3O3/c1-23(2,3)19-13-16(17-6-5-9-25-21(17)27)12-18(20(19)29-4)22(28)26-14-15-7-10-24-11-8-15/h5-13H,14H2,1-4H3,(H,25,27)(H,26,28). The van der Waals surface area contributed by atoms with Gasteiger partial charge in [0.05, 0.1) is 12.7 Å². The molecule has 1 amide bonds. The smallest absolute Gasteiger partial charge is 0.255 e. The fraction of sp³-hybridized carbons (Fsp3) is 0.261. The zero-order chi connectivity index (χ0) is 21.0. The van der Waals surface area contributed by atoms with Crippen LogP contribution in [0.4, 0.5) is 0 Å². The van der Waals surface area contributed by atoms with Crippen LogP contribution in [-0.4, -0.2) is 23.0 Å². The maximum atomic E-state index is 13.1. The molecule has 2 N–H and O–H groups in total. The van der Waals surface area contributed by atoms with Crippen molar-refractivity contribution >= 4 is 5.91 Å². The van der Waals surface area contributed by atoms with E-state index in [0.717, 1.165) is 11.1 Å². The second-order valence-corrected chi connectivity index (χ2v) is 7.81. The number of benzene rings is 1. The summed E-state index contributed by atoms with van der Waals surface area (Å²) in [5.74, 6) is 0.249. The number of rotatable bonds is 5. The highest BCUT2D eigenvalue weighted by Crippen LogP contribution is 2.37. The molecule has 0 bridgehead atoms. The number of nitrogens with zero attached hydrogens (tertiary/aromatic N) is 1. The van der Waals surface area contributed by atoms with Crippen LogP contribution in [0.3, 0.4) is 0 Å². The third-order valence-corrected chi connectivity index (χ3v) is 4.68. The van der Waals surface area contributed by atoms with Gasteiger partial charge >= 0.3 is 0 Å². The molecule has 0 spiro atoms. The zero-order valence-electron chi connectivity index (χ0n) is 17.1. The van der Waals surface area contributed by atoms with Crippen LogP contribution >= 0.6 is 0 Å². The Hall–Kier alpha value is -3.41. The van der Waals surface area contributed by atoms with E-state index in [-0.39, 0.29) is 16.9 Å². The number of nitrogens with one attached hydrogen (secondary N) is 2. The molecule has 0 unspecified atom stereocenters. The van der Waals surface area contributed by atoms with Gasteiger partial charge in [-0.25, -0.2) is 0 Å². The maximum absolute atomic E-state index is 13.1. The summed E-state index contributed by atoms with van der Waals surface area (Å²) < 4.78 is 5.64. The second kappa shape index (κ2) is 8.31. The molecule has 0 saturated heterocycles. The van der Waals surface area contributed by atoms with Crippen LogP contribution in [0.1, 0.15) is 42.3 Å². The quantitative estimate of drug-likeness (QED) is 0.695. The molecular formula is C23H25N3O3. The van der Waals surface area contributed by atoms with Crippen LogP contribution in [0.5, 0.6) is 5.75 Å². The Bertz CT molecular complexity index is 1070. The first kappa shape index (κ1) is 20.3. The number of aromatic amines is 1. The first-order chi connectivity index (χ1) is 13.8. The number of H-pyrrole nitrogens is 1.